The zero-order chi connectivity index (χ0) is 22.9. The predicted molar refractivity (Wildman–Crippen MR) is 123 cm³/mol. The maximum Gasteiger partial charge on any atom is 0.268 e. The Hall–Kier alpha value is -3.00. The number of aryl methyl sites for hydroxylation is 1. The maximum absolute atomic E-state index is 12.8. The Labute approximate surface area is 189 Å². The topological polar surface area (TPSA) is 89.1 Å². The second kappa shape index (κ2) is 8.86. The molecule has 1 aromatic carbocycles. The van der Waals surface area contributed by atoms with E-state index in [1.54, 1.807) is 6.92 Å². The number of nitrogens with zero attached hydrogens (tertiary/aromatic N) is 5. The highest BCUT2D eigenvalue weighted by atomic mass is 16.4. The lowest BCUT2D eigenvalue weighted by molar-refractivity contribution is 0.0950. The van der Waals surface area contributed by atoms with Gasteiger partial charge in [-0.1, -0.05) is 26.8 Å². The molecule has 32 heavy (non-hydrogen) atoms. The smallest absolute Gasteiger partial charge is 0.268 e. The summed E-state index contributed by atoms with van der Waals surface area (Å²) in [7, 11) is 2.16. The van der Waals surface area contributed by atoms with Crippen LogP contribution < -0.4 is 5.32 Å². The molecule has 1 unspecified atom stereocenters. The van der Waals surface area contributed by atoms with E-state index in [1.165, 1.54) is 12.8 Å². The van der Waals surface area contributed by atoms with E-state index in [2.05, 4.69) is 48.2 Å². The van der Waals surface area contributed by atoms with E-state index in [1.807, 2.05) is 35.0 Å². The standard InChI is InChI=1S/C24H32N6O2/c1-16-26-27-23(32-16)20-15-21(24(2,3)4)30(28-20)19-9-6-8-17(14-19)22(31)25-12-11-18-10-7-13-29(18)5/h6,8-9,14-15,18H,7,10-13H2,1-5H3,(H,25,31). The van der Waals surface area contributed by atoms with Crippen LogP contribution in [0, 0.1) is 6.92 Å². The Morgan fingerprint density at radius 2 is 2.06 bits per heavy atom. The molecule has 8 heteroatoms. The van der Waals surface area contributed by atoms with Crippen LogP contribution in [0.3, 0.4) is 0 Å². The van der Waals surface area contributed by atoms with Crippen LogP contribution in [-0.4, -0.2) is 57.0 Å². The summed E-state index contributed by atoms with van der Waals surface area (Å²) in [6.45, 7) is 9.95. The number of benzene rings is 1. The van der Waals surface area contributed by atoms with E-state index < -0.39 is 0 Å². The SMILES string of the molecule is Cc1nnc(-c2cc(C(C)(C)C)n(-c3cccc(C(=O)NCCC4CCCN4C)c3)n2)o1. The summed E-state index contributed by atoms with van der Waals surface area (Å²) < 4.78 is 7.44. The number of aromatic nitrogens is 4. The molecule has 0 saturated carbocycles. The third-order valence-corrected chi connectivity index (χ3v) is 6.01. The molecule has 0 aliphatic carbocycles. The van der Waals surface area contributed by atoms with Gasteiger partial charge in [0.2, 0.25) is 5.89 Å². The molecule has 1 saturated heterocycles. The molecule has 4 rings (SSSR count). The Balaban J connectivity index is 1.55. The van der Waals surface area contributed by atoms with E-state index >= 15 is 0 Å². The van der Waals surface area contributed by atoms with Gasteiger partial charge in [0.05, 0.1) is 11.4 Å². The Kier molecular flexibility index (Phi) is 6.15. The monoisotopic (exact) mass is 436 g/mol. The Morgan fingerprint density at radius 3 is 2.72 bits per heavy atom. The highest BCUT2D eigenvalue weighted by Crippen LogP contribution is 2.29. The number of hydrogen-bond donors (Lipinski definition) is 1. The van der Waals surface area contributed by atoms with Gasteiger partial charge >= 0.3 is 0 Å². The molecule has 1 fully saturated rings. The van der Waals surface area contributed by atoms with Crippen molar-refractivity contribution in [2.24, 2.45) is 0 Å². The summed E-state index contributed by atoms with van der Waals surface area (Å²) >= 11 is 0. The Bertz CT molecular complexity index is 1090. The van der Waals surface area contributed by atoms with Crippen LogP contribution >= 0.6 is 0 Å². The van der Waals surface area contributed by atoms with Crippen molar-refractivity contribution < 1.29 is 9.21 Å². The maximum atomic E-state index is 12.8. The molecule has 170 valence electrons. The third kappa shape index (κ3) is 4.75. The fraction of sp³-hybridized carbons (Fsp3) is 0.500. The van der Waals surface area contributed by atoms with E-state index in [9.17, 15) is 4.79 Å². The second-order valence-electron chi connectivity index (χ2n) is 9.57. The van der Waals surface area contributed by atoms with Crippen molar-refractivity contribution in [1.82, 2.24) is 30.2 Å². The molecule has 3 aromatic rings. The molecule has 1 aliphatic heterocycles. The zero-order valence-electron chi connectivity index (χ0n) is 19.6. The van der Waals surface area contributed by atoms with Crippen LogP contribution in [0.4, 0.5) is 0 Å². The van der Waals surface area contributed by atoms with E-state index in [0.717, 1.165) is 24.3 Å². The van der Waals surface area contributed by atoms with E-state index in [0.29, 0.717) is 35.6 Å². The zero-order valence-corrected chi connectivity index (χ0v) is 19.6. The van der Waals surface area contributed by atoms with Gasteiger partial charge in [-0.2, -0.15) is 5.10 Å². The van der Waals surface area contributed by atoms with Gasteiger partial charge < -0.3 is 14.6 Å². The first-order chi connectivity index (χ1) is 15.2. The van der Waals surface area contributed by atoms with E-state index in [-0.39, 0.29) is 11.3 Å². The number of nitrogens with one attached hydrogen (secondary N) is 1. The van der Waals surface area contributed by atoms with Crippen LogP contribution in [0.5, 0.6) is 0 Å². The lowest BCUT2D eigenvalue weighted by Gasteiger charge is -2.20. The van der Waals surface area contributed by atoms with Gasteiger partial charge in [0.1, 0.15) is 5.69 Å². The van der Waals surface area contributed by atoms with Crippen molar-refractivity contribution in [2.45, 2.75) is 58.4 Å². The first kappa shape index (κ1) is 22.2. The van der Waals surface area contributed by atoms with Crippen molar-refractivity contribution >= 4 is 5.91 Å². The van der Waals surface area contributed by atoms with Crippen molar-refractivity contribution in [3.8, 4) is 17.3 Å². The van der Waals surface area contributed by atoms with Crippen molar-refractivity contribution in [2.75, 3.05) is 20.1 Å². The highest BCUT2D eigenvalue weighted by Gasteiger charge is 2.25. The lowest BCUT2D eigenvalue weighted by atomic mass is 9.91. The molecule has 2 aromatic heterocycles. The minimum Gasteiger partial charge on any atom is -0.420 e. The molecular weight excluding hydrogens is 404 g/mol. The average molecular weight is 437 g/mol. The summed E-state index contributed by atoms with van der Waals surface area (Å²) in [4.78, 5) is 15.2. The highest BCUT2D eigenvalue weighted by molar-refractivity contribution is 5.94. The molecule has 0 bridgehead atoms. The molecule has 1 atom stereocenters. The molecule has 8 nitrogen and oxygen atoms in total. The molecule has 0 radical (unpaired) electrons. The quantitative estimate of drug-likeness (QED) is 0.633. The van der Waals surface area contributed by atoms with Gasteiger partial charge in [-0.25, -0.2) is 4.68 Å². The number of carbonyl (C=O) groups is 1. The summed E-state index contributed by atoms with van der Waals surface area (Å²) in [5, 5.41) is 15.8. The molecule has 1 aliphatic rings. The number of hydrogen-bond acceptors (Lipinski definition) is 6. The minimum absolute atomic E-state index is 0.0651. The van der Waals surface area contributed by atoms with Gasteiger partial charge in [-0.15, -0.1) is 10.2 Å². The molecule has 3 heterocycles. The van der Waals surface area contributed by atoms with Crippen molar-refractivity contribution in [1.29, 1.82) is 0 Å². The Morgan fingerprint density at radius 1 is 1.25 bits per heavy atom. The normalized spacial score (nSPS) is 17.1. The van der Waals surface area contributed by atoms with Gasteiger partial charge in [0.25, 0.3) is 11.8 Å². The predicted octanol–water partition coefficient (Wildman–Crippen LogP) is 3.74. The fourth-order valence-electron chi connectivity index (χ4n) is 4.19. The molecule has 1 amide bonds. The number of likely N-dealkylation sites (tertiary alicyclic amines) is 1. The van der Waals surface area contributed by atoms with Crippen LogP contribution in [0.2, 0.25) is 0 Å². The molecule has 0 spiro atoms. The number of rotatable bonds is 6. The summed E-state index contributed by atoms with van der Waals surface area (Å²) in [6, 6.07) is 10.1. The van der Waals surface area contributed by atoms with Crippen LogP contribution in [0.25, 0.3) is 17.3 Å². The molecule has 1 N–H and O–H groups in total. The van der Waals surface area contributed by atoms with Gasteiger partial charge in [-0.05, 0) is 57.1 Å². The third-order valence-electron chi connectivity index (χ3n) is 6.01. The minimum atomic E-state index is -0.175. The van der Waals surface area contributed by atoms with Crippen molar-refractivity contribution in [3.63, 3.8) is 0 Å². The van der Waals surface area contributed by atoms with Gasteiger partial charge in [0, 0.05) is 30.5 Å². The van der Waals surface area contributed by atoms with Crippen LogP contribution in [-0.2, 0) is 5.41 Å². The number of amides is 1. The summed E-state index contributed by atoms with van der Waals surface area (Å²) in [5.41, 5.74) is 2.87. The van der Waals surface area contributed by atoms with Crippen LogP contribution in [0.1, 0.15) is 62.0 Å². The first-order valence-corrected chi connectivity index (χ1v) is 11.2. The summed E-state index contributed by atoms with van der Waals surface area (Å²) in [6.07, 6.45) is 3.42. The second-order valence-corrected chi connectivity index (χ2v) is 9.57. The van der Waals surface area contributed by atoms with Gasteiger partial charge in [-0.3, -0.25) is 4.79 Å². The lowest BCUT2D eigenvalue weighted by Crippen LogP contribution is -2.31. The number of carbonyl (C=O) groups excluding carboxylic acids is 1. The molecular formula is C24H32N6O2. The van der Waals surface area contributed by atoms with Crippen molar-refractivity contribution in [3.05, 3.63) is 47.5 Å². The summed E-state index contributed by atoms with van der Waals surface area (Å²) in [5.74, 6) is 0.816. The first-order valence-electron chi connectivity index (χ1n) is 11.2. The largest absolute Gasteiger partial charge is 0.420 e. The average Bonchev–Trinajstić information content (AvgIpc) is 3.47. The van der Waals surface area contributed by atoms with E-state index in [4.69, 9.17) is 9.52 Å². The van der Waals surface area contributed by atoms with Crippen LogP contribution in [0.15, 0.2) is 34.7 Å². The fourth-order valence-corrected chi connectivity index (χ4v) is 4.19. The van der Waals surface area contributed by atoms with Gasteiger partial charge in [0.15, 0.2) is 0 Å².